The van der Waals surface area contributed by atoms with Gasteiger partial charge in [-0.2, -0.15) is 0 Å². The Balaban J connectivity index is 2.67. The van der Waals surface area contributed by atoms with Gasteiger partial charge >= 0.3 is 5.97 Å². The molecule has 0 aliphatic carbocycles. The molecule has 1 rings (SSSR count). The zero-order chi connectivity index (χ0) is 7.61. The number of hydrogen-bond acceptors (Lipinski definition) is 3. The van der Waals surface area contributed by atoms with Crippen molar-refractivity contribution in [3.05, 3.63) is 12.3 Å². The van der Waals surface area contributed by atoms with Gasteiger partial charge in [0.1, 0.15) is 0 Å². The molecule has 56 valence electrons. The fourth-order valence-electron chi connectivity index (χ4n) is 0.660. The van der Waals surface area contributed by atoms with Crippen LogP contribution in [0.2, 0.25) is 0 Å². The van der Waals surface area contributed by atoms with Gasteiger partial charge in [0.15, 0.2) is 0 Å². The normalized spacial score (nSPS) is 31.2. The molecule has 10 heavy (non-hydrogen) atoms. The maximum absolute atomic E-state index is 10.6. The Bertz CT molecular complexity index is 174. The Morgan fingerprint density at radius 1 is 1.70 bits per heavy atom. The van der Waals surface area contributed by atoms with E-state index in [9.17, 15) is 4.79 Å². The van der Waals surface area contributed by atoms with Crippen molar-refractivity contribution in [3.63, 3.8) is 0 Å². The first kappa shape index (κ1) is 7.12. The molecule has 1 unspecified atom stereocenters. The van der Waals surface area contributed by atoms with Crippen LogP contribution in [-0.2, 0) is 14.3 Å². The SMILES string of the molecule is CCC1(C)OC=CC(=O)O1. The number of ether oxygens (including phenoxy) is 2. The Labute approximate surface area is 59.6 Å². The van der Waals surface area contributed by atoms with Crippen molar-refractivity contribution in [1.82, 2.24) is 0 Å². The van der Waals surface area contributed by atoms with Crippen molar-refractivity contribution in [2.75, 3.05) is 0 Å². The third kappa shape index (κ3) is 1.29. The van der Waals surface area contributed by atoms with E-state index in [1.54, 1.807) is 6.92 Å². The van der Waals surface area contributed by atoms with Crippen LogP contribution in [0.5, 0.6) is 0 Å². The number of carbonyl (C=O) groups is 1. The van der Waals surface area contributed by atoms with E-state index in [-0.39, 0.29) is 5.97 Å². The number of cyclic esters (lactones) is 1. The molecule has 0 aromatic carbocycles. The van der Waals surface area contributed by atoms with Crippen LogP contribution in [0.15, 0.2) is 12.3 Å². The minimum Gasteiger partial charge on any atom is -0.460 e. The molecule has 0 fully saturated rings. The average Bonchev–Trinajstić information content (AvgIpc) is 1.88. The summed E-state index contributed by atoms with van der Waals surface area (Å²) in [5.74, 6) is -1.08. The average molecular weight is 142 g/mol. The third-order valence-electron chi connectivity index (χ3n) is 1.48. The zero-order valence-electron chi connectivity index (χ0n) is 6.09. The van der Waals surface area contributed by atoms with Gasteiger partial charge in [0.25, 0.3) is 5.79 Å². The smallest absolute Gasteiger partial charge is 0.337 e. The zero-order valence-corrected chi connectivity index (χ0v) is 6.09. The summed E-state index contributed by atoms with van der Waals surface area (Å²) in [5, 5.41) is 0. The van der Waals surface area contributed by atoms with Crippen LogP contribution in [0.25, 0.3) is 0 Å². The monoisotopic (exact) mass is 142 g/mol. The van der Waals surface area contributed by atoms with Gasteiger partial charge < -0.3 is 9.47 Å². The lowest BCUT2D eigenvalue weighted by atomic mass is 10.2. The molecule has 0 radical (unpaired) electrons. The van der Waals surface area contributed by atoms with E-state index < -0.39 is 5.79 Å². The summed E-state index contributed by atoms with van der Waals surface area (Å²) >= 11 is 0. The number of hydrogen-bond donors (Lipinski definition) is 0. The van der Waals surface area contributed by atoms with Crippen LogP contribution >= 0.6 is 0 Å². The standard InChI is InChI=1S/C7H10O3/c1-3-7(2)9-5-4-6(8)10-7/h4-5H,3H2,1-2H3. The maximum Gasteiger partial charge on any atom is 0.337 e. The highest BCUT2D eigenvalue weighted by atomic mass is 16.7. The van der Waals surface area contributed by atoms with Gasteiger partial charge in [0.2, 0.25) is 0 Å². The van der Waals surface area contributed by atoms with Crippen molar-refractivity contribution < 1.29 is 14.3 Å². The summed E-state index contributed by atoms with van der Waals surface area (Å²) in [5.41, 5.74) is 0. The molecule has 3 nitrogen and oxygen atoms in total. The van der Waals surface area contributed by atoms with Gasteiger partial charge in [-0.1, -0.05) is 6.92 Å². The van der Waals surface area contributed by atoms with Crippen LogP contribution in [0.3, 0.4) is 0 Å². The molecule has 0 saturated heterocycles. The lowest BCUT2D eigenvalue weighted by Crippen LogP contribution is -2.34. The second-order valence-electron chi connectivity index (χ2n) is 2.33. The minimum absolute atomic E-state index is 0.337. The Kier molecular flexibility index (Phi) is 1.66. The molecule has 0 saturated carbocycles. The molecule has 0 amide bonds. The lowest BCUT2D eigenvalue weighted by Gasteiger charge is -2.29. The molecule has 1 atom stereocenters. The molecule has 0 bridgehead atoms. The molecular weight excluding hydrogens is 132 g/mol. The Morgan fingerprint density at radius 3 is 2.80 bits per heavy atom. The summed E-state index contributed by atoms with van der Waals surface area (Å²) in [4.78, 5) is 10.6. The van der Waals surface area contributed by atoms with E-state index in [2.05, 4.69) is 0 Å². The van der Waals surface area contributed by atoms with Gasteiger partial charge in [-0.25, -0.2) is 4.79 Å². The highest BCUT2D eigenvalue weighted by Gasteiger charge is 2.29. The first-order valence-corrected chi connectivity index (χ1v) is 3.23. The van der Waals surface area contributed by atoms with Gasteiger partial charge in [-0.3, -0.25) is 0 Å². The highest BCUT2D eigenvalue weighted by Crippen LogP contribution is 2.20. The summed E-state index contributed by atoms with van der Waals surface area (Å²) in [7, 11) is 0. The molecule has 0 aromatic rings. The van der Waals surface area contributed by atoms with Crippen LogP contribution in [0, 0.1) is 0 Å². The van der Waals surface area contributed by atoms with Gasteiger partial charge in [0, 0.05) is 13.3 Å². The van der Waals surface area contributed by atoms with E-state index >= 15 is 0 Å². The summed E-state index contributed by atoms with van der Waals surface area (Å²) in [6.07, 6.45) is 3.29. The van der Waals surface area contributed by atoms with Crippen molar-refractivity contribution in [3.8, 4) is 0 Å². The fourth-order valence-corrected chi connectivity index (χ4v) is 0.660. The first-order valence-electron chi connectivity index (χ1n) is 3.23. The summed E-state index contributed by atoms with van der Waals surface area (Å²) < 4.78 is 9.94. The topological polar surface area (TPSA) is 35.5 Å². The van der Waals surface area contributed by atoms with Crippen molar-refractivity contribution in [2.24, 2.45) is 0 Å². The van der Waals surface area contributed by atoms with E-state index in [4.69, 9.17) is 9.47 Å². The van der Waals surface area contributed by atoms with E-state index in [1.165, 1.54) is 12.3 Å². The Hall–Kier alpha value is -0.990. The van der Waals surface area contributed by atoms with Gasteiger partial charge in [-0.05, 0) is 0 Å². The molecule has 0 N–H and O–H groups in total. The molecule has 1 aliphatic heterocycles. The van der Waals surface area contributed by atoms with Crippen LogP contribution in [0.1, 0.15) is 20.3 Å². The molecule has 0 aromatic heterocycles. The predicted molar refractivity (Wildman–Crippen MR) is 35.0 cm³/mol. The fraction of sp³-hybridized carbons (Fsp3) is 0.571. The van der Waals surface area contributed by atoms with E-state index in [0.717, 1.165) is 0 Å². The second-order valence-corrected chi connectivity index (χ2v) is 2.33. The highest BCUT2D eigenvalue weighted by molar-refractivity contribution is 5.82. The summed E-state index contributed by atoms with van der Waals surface area (Å²) in [6, 6.07) is 0. The number of esters is 1. The molecule has 0 spiro atoms. The first-order chi connectivity index (χ1) is 4.66. The minimum atomic E-state index is -0.744. The quantitative estimate of drug-likeness (QED) is 0.516. The third-order valence-corrected chi connectivity index (χ3v) is 1.48. The van der Waals surface area contributed by atoms with E-state index in [1.807, 2.05) is 6.92 Å². The molecule has 1 aliphatic rings. The van der Waals surface area contributed by atoms with Crippen molar-refractivity contribution in [2.45, 2.75) is 26.1 Å². The number of carbonyl (C=O) groups excluding carboxylic acids is 1. The predicted octanol–water partition coefficient (Wildman–Crippen LogP) is 1.20. The lowest BCUT2D eigenvalue weighted by molar-refractivity contribution is -0.207. The second kappa shape index (κ2) is 2.33. The van der Waals surface area contributed by atoms with Crippen molar-refractivity contribution in [1.29, 1.82) is 0 Å². The maximum atomic E-state index is 10.6. The largest absolute Gasteiger partial charge is 0.460 e. The molecule has 1 heterocycles. The van der Waals surface area contributed by atoms with Crippen LogP contribution in [0.4, 0.5) is 0 Å². The summed E-state index contributed by atoms with van der Waals surface area (Å²) in [6.45, 7) is 3.63. The Morgan fingerprint density at radius 2 is 2.40 bits per heavy atom. The van der Waals surface area contributed by atoms with E-state index in [0.29, 0.717) is 6.42 Å². The van der Waals surface area contributed by atoms with Gasteiger partial charge in [-0.15, -0.1) is 0 Å². The van der Waals surface area contributed by atoms with Crippen LogP contribution < -0.4 is 0 Å². The molecule has 3 heteroatoms. The van der Waals surface area contributed by atoms with Gasteiger partial charge in [0.05, 0.1) is 12.3 Å². The molecular formula is C7H10O3. The van der Waals surface area contributed by atoms with Crippen molar-refractivity contribution >= 4 is 5.97 Å². The number of rotatable bonds is 1. The van der Waals surface area contributed by atoms with Crippen LogP contribution in [-0.4, -0.2) is 11.8 Å².